The van der Waals surface area contributed by atoms with Gasteiger partial charge in [0.2, 0.25) is 0 Å². The van der Waals surface area contributed by atoms with Crippen molar-refractivity contribution in [2.75, 3.05) is 38.2 Å². The summed E-state index contributed by atoms with van der Waals surface area (Å²) in [6.07, 6.45) is 0. The van der Waals surface area contributed by atoms with E-state index in [4.69, 9.17) is 4.74 Å². The Balaban J connectivity index is 1.47. The average molecular weight is 454 g/mol. The standard InChI is InChI=1S/C25H28FN3O2S/c1-18(27-25(30)19-9-11-20(26)12-10-19)24(23-8-5-17-32-23)29-15-13-28(14-16-29)21-6-3-4-7-22(21)31-2/h3-12,17-18,24H,13-16H2,1-2H3,(H,27,30)/t18-,24+/m0/s1. The summed E-state index contributed by atoms with van der Waals surface area (Å²) >= 11 is 1.70. The second kappa shape index (κ2) is 10.1. The minimum Gasteiger partial charge on any atom is -0.495 e. The number of nitrogens with zero attached hydrogens (tertiary/aromatic N) is 2. The van der Waals surface area contributed by atoms with E-state index in [0.717, 1.165) is 37.6 Å². The van der Waals surface area contributed by atoms with Crippen LogP contribution in [-0.4, -0.2) is 50.1 Å². The molecule has 2 heterocycles. The maximum Gasteiger partial charge on any atom is 0.251 e. The molecule has 3 aromatic rings. The van der Waals surface area contributed by atoms with Crippen molar-refractivity contribution in [1.29, 1.82) is 0 Å². The van der Waals surface area contributed by atoms with Gasteiger partial charge in [-0.25, -0.2) is 4.39 Å². The summed E-state index contributed by atoms with van der Waals surface area (Å²) in [5.41, 5.74) is 1.57. The molecule has 1 aliphatic heterocycles. The molecule has 0 aliphatic carbocycles. The summed E-state index contributed by atoms with van der Waals surface area (Å²) < 4.78 is 18.8. The van der Waals surface area contributed by atoms with Crippen molar-refractivity contribution in [2.45, 2.75) is 19.0 Å². The smallest absolute Gasteiger partial charge is 0.251 e. The van der Waals surface area contributed by atoms with Gasteiger partial charge in [0, 0.05) is 42.7 Å². The topological polar surface area (TPSA) is 44.8 Å². The number of hydrogen-bond donors (Lipinski definition) is 1. The average Bonchev–Trinajstić information content (AvgIpc) is 3.34. The molecule has 1 amide bonds. The van der Waals surface area contributed by atoms with E-state index in [9.17, 15) is 9.18 Å². The van der Waals surface area contributed by atoms with Gasteiger partial charge < -0.3 is 15.0 Å². The van der Waals surface area contributed by atoms with E-state index in [1.54, 1.807) is 18.4 Å². The summed E-state index contributed by atoms with van der Waals surface area (Å²) in [7, 11) is 1.70. The lowest BCUT2D eigenvalue weighted by atomic mass is 10.0. The number of rotatable bonds is 7. The van der Waals surface area contributed by atoms with Crippen LogP contribution in [0.5, 0.6) is 5.75 Å². The van der Waals surface area contributed by atoms with Crippen LogP contribution in [0.2, 0.25) is 0 Å². The number of amides is 1. The van der Waals surface area contributed by atoms with Gasteiger partial charge in [-0.2, -0.15) is 0 Å². The van der Waals surface area contributed by atoms with Gasteiger partial charge in [-0.05, 0) is 54.8 Å². The van der Waals surface area contributed by atoms with Crippen LogP contribution in [0.15, 0.2) is 66.0 Å². The fourth-order valence-electron chi connectivity index (χ4n) is 4.30. The second-order valence-corrected chi connectivity index (χ2v) is 8.90. The fourth-order valence-corrected chi connectivity index (χ4v) is 5.27. The third-order valence-electron chi connectivity index (χ3n) is 5.91. The highest BCUT2D eigenvalue weighted by molar-refractivity contribution is 7.10. The highest BCUT2D eigenvalue weighted by Crippen LogP contribution is 2.32. The molecule has 0 unspecified atom stereocenters. The van der Waals surface area contributed by atoms with E-state index in [1.807, 2.05) is 31.2 Å². The SMILES string of the molecule is COc1ccccc1N1CCN([C@@H](c2cccs2)[C@H](C)NC(=O)c2ccc(F)cc2)CC1. The first kappa shape index (κ1) is 22.3. The van der Waals surface area contributed by atoms with Crippen molar-refractivity contribution >= 4 is 22.9 Å². The van der Waals surface area contributed by atoms with Crippen molar-refractivity contribution in [2.24, 2.45) is 0 Å². The van der Waals surface area contributed by atoms with Crippen LogP contribution in [0.1, 0.15) is 28.2 Å². The Kier molecular flexibility index (Phi) is 7.07. The van der Waals surface area contributed by atoms with Crippen LogP contribution in [0.4, 0.5) is 10.1 Å². The molecule has 2 aromatic carbocycles. The van der Waals surface area contributed by atoms with E-state index in [1.165, 1.54) is 29.1 Å². The molecule has 0 bridgehead atoms. The van der Waals surface area contributed by atoms with Gasteiger partial charge in [0.15, 0.2) is 0 Å². The van der Waals surface area contributed by atoms with Crippen LogP contribution >= 0.6 is 11.3 Å². The Bertz CT molecular complexity index is 1020. The van der Waals surface area contributed by atoms with E-state index in [2.05, 4.69) is 32.6 Å². The van der Waals surface area contributed by atoms with Crippen LogP contribution in [0.25, 0.3) is 0 Å². The Morgan fingerprint density at radius 1 is 1.03 bits per heavy atom. The van der Waals surface area contributed by atoms with Crippen LogP contribution in [0, 0.1) is 5.82 Å². The number of anilines is 1. The largest absolute Gasteiger partial charge is 0.495 e. The highest BCUT2D eigenvalue weighted by atomic mass is 32.1. The number of carbonyl (C=O) groups is 1. The summed E-state index contributed by atoms with van der Waals surface area (Å²) in [6, 6.07) is 17.9. The molecular formula is C25H28FN3O2S. The van der Waals surface area contributed by atoms with Crippen LogP contribution in [0.3, 0.4) is 0 Å². The number of hydrogen-bond acceptors (Lipinski definition) is 5. The van der Waals surface area contributed by atoms with Gasteiger partial charge >= 0.3 is 0 Å². The number of halogens is 1. The zero-order valence-electron chi connectivity index (χ0n) is 18.3. The number of piperazine rings is 1. The van der Waals surface area contributed by atoms with E-state index < -0.39 is 0 Å². The predicted octanol–water partition coefficient (Wildman–Crippen LogP) is 4.58. The Morgan fingerprint density at radius 3 is 2.41 bits per heavy atom. The predicted molar refractivity (Wildman–Crippen MR) is 127 cm³/mol. The van der Waals surface area contributed by atoms with Crippen molar-refractivity contribution in [1.82, 2.24) is 10.2 Å². The third-order valence-corrected chi connectivity index (χ3v) is 6.85. The van der Waals surface area contributed by atoms with Crippen LogP contribution < -0.4 is 15.0 Å². The molecule has 32 heavy (non-hydrogen) atoms. The zero-order valence-corrected chi connectivity index (χ0v) is 19.1. The normalized spacial score (nSPS) is 16.4. The lowest BCUT2D eigenvalue weighted by Crippen LogP contribution is -2.52. The number of benzene rings is 2. The first-order valence-corrected chi connectivity index (χ1v) is 11.7. The lowest BCUT2D eigenvalue weighted by molar-refractivity contribution is 0.0890. The number of para-hydroxylation sites is 2. The molecule has 0 spiro atoms. The summed E-state index contributed by atoms with van der Waals surface area (Å²) in [5, 5.41) is 5.20. The van der Waals surface area contributed by atoms with Crippen molar-refractivity contribution in [3.63, 3.8) is 0 Å². The Morgan fingerprint density at radius 2 is 1.75 bits per heavy atom. The van der Waals surface area contributed by atoms with E-state index >= 15 is 0 Å². The van der Waals surface area contributed by atoms with E-state index in [-0.39, 0.29) is 23.8 Å². The van der Waals surface area contributed by atoms with Gasteiger partial charge in [-0.1, -0.05) is 18.2 Å². The molecule has 1 saturated heterocycles. The molecule has 0 saturated carbocycles. The first-order valence-electron chi connectivity index (χ1n) is 10.8. The lowest BCUT2D eigenvalue weighted by Gasteiger charge is -2.42. The molecule has 0 radical (unpaired) electrons. The Hall–Kier alpha value is -2.90. The van der Waals surface area contributed by atoms with Gasteiger partial charge in [-0.3, -0.25) is 9.69 Å². The monoisotopic (exact) mass is 453 g/mol. The molecule has 5 nitrogen and oxygen atoms in total. The maximum absolute atomic E-state index is 13.2. The molecule has 2 atom stereocenters. The zero-order chi connectivity index (χ0) is 22.5. The number of nitrogens with one attached hydrogen (secondary N) is 1. The van der Waals surface area contributed by atoms with Gasteiger partial charge in [0.25, 0.3) is 5.91 Å². The fraction of sp³-hybridized carbons (Fsp3) is 0.320. The summed E-state index contributed by atoms with van der Waals surface area (Å²) in [4.78, 5) is 18.8. The number of methoxy groups -OCH3 is 1. The molecule has 1 N–H and O–H groups in total. The highest BCUT2D eigenvalue weighted by Gasteiger charge is 2.31. The van der Waals surface area contributed by atoms with Crippen molar-refractivity contribution in [3.05, 3.63) is 82.3 Å². The second-order valence-electron chi connectivity index (χ2n) is 7.92. The van der Waals surface area contributed by atoms with E-state index in [0.29, 0.717) is 5.56 Å². The minimum atomic E-state index is -0.348. The third kappa shape index (κ3) is 4.95. The molecule has 1 aromatic heterocycles. The van der Waals surface area contributed by atoms with Crippen LogP contribution in [-0.2, 0) is 0 Å². The number of carbonyl (C=O) groups excluding carboxylic acids is 1. The molecular weight excluding hydrogens is 425 g/mol. The quantitative estimate of drug-likeness (QED) is 0.569. The first-order chi connectivity index (χ1) is 15.6. The van der Waals surface area contributed by atoms with Gasteiger partial charge in [0.1, 0.15) is 11.6 Å². The Labute approximate surface area is 192 Å². The van der Waals surface area contributed by atoms with Gasteiger partial charge in [-0.15, -0.1) is 11.3 Å². The summed E-state index contributed by atoms with van der Waals surface area (Å²) in [5.74, 6) is 0.348. The molecule has 4 rings (SSSR count). The molecule has 1 aliphatic rings. The molecule has 7 heteroatoms. The minimum absolute atomic E-state index is 0.0687. The molecule has 1 fully saturated rings. The van der Waals surface area contributed by atoms with Gasteiger partial charge in [0.05, 0.1) is 18.8 Å². The van der Waals surface area contributed by atoms with Crippen molar-refractivity contribution in [3.8, 4) is 5.75 Å². The summed E-state index contributed by atoms with van der Waals surface area (Å²) in [6.45, 7) is 5.54. The molecule has 168 valence electrons. The number of thiophene rings is 1. The van der Waals surface area contributed by atoms with Crippen molar-refractivity contribution < 1.29 is 13.9 Å². The maximum atomic E-state index is 13.2. The number of ether oxygens (including phenoxy) is 1.